The largest absolute Gasteiger partial charge is 0.493 e. The Labute approximate surface area is 134 Å². The van der Waals surface area contributed by atoms with Gasteiger partial charge in [0.2, 0.25) is 5.95 Å². The van der Waals surface area contributed by atoms with E-state index < -0.39 is 0 Å². The van der Waals surface area contributed by atoms with Crippen LogP contribution in [0.1, 0.15) is 5.56 Å². The van der Waals surface area contributed by atoms with Gasteiger partial charge in [-0.3, -0.25) is 0 Å². The average Bonchev–Trinajstić information content (AvgIpc) is 2.91. The van der Waals surface area contributed by atoms with Crippen molar-refractivity contribution in [3.05, 3.63) is 48.0 Å². The molecular formula is C17H18N4O2. The molecule has 0 unspecified atom stereocenters. The number of nitrogens with one attached hydrogen (secondary N) is 1. The molecule has 3 rings (SSSR count). The van der Waals surface area contributed by atoms with Crippen LogP contribution in [0.15, 0.2) is 47.6 Å². The van der Waals surface area contributed by atoms with Crippen molar-refractivity contribution >= 4 is 23.2 Å². The molecule has 0 spiro atoms. The molecule has 1 heterocycles. The van der Waals surface area contributed by atoms with Gasteiger partial charge in [0, 0.05) is 7.05 Å². The van der Waals surface area contributed by atoms with Crippen LogP contribution >= 0.6 is 0 Å². The molecule has 6 heteroatoms. The Morgan fingerprint density at radius 3 is 2.61 bits per heavy atom. The first-order chi connectivity index (χ1) is 11.2. The minimum atomic E-state index is 0.666. The van der Waals surface area contributed by atoms with Gasteiger partial charge < -0.3 is 14.0 Å². The van der Waals surface area contributed by atoms with Gasteiger partial charge in [0.05, 0.1) is 31.5 Å². The normalized spacial score (nSPS) is 11.1. The molecule has 0 aliphatic rings. The van der Waals surface area contributed by atoms with E-state index in [4.69, 9.17) is 9.47 Å². The van der Waals surface area contributed by atoms with E-state index >= 15 is 0 Å². The van der Waals surface area contributed by atoms with Crippen molar-refractivity contribution in [3.63, 3.8) is 0 Å². The number of aromatic nitrogens is 2. The molecule has 1 N–H and O–H groups in total. The quantitative estimate of drug-likeness (QED) is 0.581. The number of nitrogens with zero attached hydrogens (tertiary/aromatic N) is 3. The molecule has 0 saturated heterocycles. The second-order valence-electron chi connectivity index (χ2n) is 4.97. The van der Waals surface area contributed by atoms with Crippen molar-refractivity contribution < 1.29 is 9.47 Å². The van der Waals surface area contributed by atoms with Crippen molar-refractivity contribution in [1.82, 2.24) is 9.55 Å². The fraction of sp³-hybridized carbons (Fsp3) is 0.176. The van der Waals surface area contributed by atoms with Gasteiger partial charge in [0.25, 0.3) is 0 Å². The van der Waals surface area contributed by atoms with Gasteiger partial charge in [-0.1, -0.05) is 12.1 Å². The van der Waals surface area contributed by atoms with Crippen molar-refractivity contribution in [1.29, 1.82) is 0 Å². The maximum Gasteiger partial charge on any atom is 0.224 e. The van der Waals surface area contributed by atoms with E-state index in [1.807, 2.05) is 54.1 Å². The molecule has 0 bridgehead atoms. The molecular weight excluding hydrogens is 292 g/mol. The second kappa shape index (κ2) is 6.39. The molecule has 2 aromatic carbocycles. The number of fused-ring (bicyclic) bond motifs is 1. The number of hydrogen-bond donors (Lipinski definition) is 1. The van der Waals surface area contributed by atoms with Crippen molar-refractivity contribution in [3.8, 4) is 11.5 Å². The number of hydrogen-bond acceptors (Lipinski definition) is 5. The molecule has 6 nitrogen and oxygen atoms in total. The minimum absolute atomic E-state index is 0.666. The summed E-state index contributed by atoms with van der Waals surface area (Å²) < 4.78 is 12.5. The third-order valence-electron chi connectivity index (χ3n) is 3.57. The van der Waals surface area contributed by atoms with E-state index in [0.29, 0.717) is 17.4 Å². The zero-order valence-corrected chi connectivity index (χ0v) is 13.3. The van der Waals surface area contributed by atoms with Gasteiger partial charge in [-0.05, 0) is 35.9 Å². The van der Waals surface area contributed by atoms with E-state index in [9.17, 15) is 0 Å². The van der Waals surface area contributed by atoms with Crippen LogP contribution in [0.5, 0.6) is 11.5 Å². The number of benzene rings is 2. The van der Waals surface area contributed by atoms with Gasteiger partial charge in [-0.2, -0.15) is 5.10 Å². The predicted octanol–water partition coefficient (Wildman–Crippen LogP) is 3.04. The lowest BCUT2D eigenvalue weighted by molar-refractivity contribution is 0.355. The van der Waals surface area contributed by atoms with Crippen LogP contribution in [0.4, 0.5) is 5.95 Å². The fourth-order valence-corrected chi connectivity index (χ4v) is 2.34. The van der Waals surface area contributed by atoms with Crippen molar-refractivity contribution in [2.24, 2.45) is 12.1 Å². The Hall–Kier alpha value is -3.02. The summed E-state index contributed by atoms with van der Waals surface area (Å²) in [4.78, 5) is 4.50. The summed E-state index contributed by atoms with van der Waals surface area (Å²) >= 11 is 0. The summed E-state index contributed by atoms with van der Waals surface area (Å²) in [5.41, 5.74) is 5.84. The smallest absolute Gasteiger partial charge is 0.224 e. The highest BCUT2D eigenvalue weighted by molar-refractivity contribution is 5.82. The number of methoxy groups -OCH3 is 2. The lowest BCUT2D eigenvalue weighted by atomic mass is 10.2. The van der Waals surface area contributed by atoms with E-state index in [2.05, 4.69) is 15.5 Å². The van der Waals surface area contributed by atoms with Gasteiger partial charge in [0.1, 0.15) is 0 Å². The summed E-state index contributed by atoms with van der Waals surface area (Å²) in [6.07, 6.45) is 1.71. The molecule has 0 radical (unpaired) electrons. The fourth-order valence-electron chi connectivity index (χ4n) is 2.34. The zero-order chi connectivity index (χ0) is 16.2. The van der Waals surface area contributed by atoms with Crippen LogP contribution in [0.3, 0.4) is 0 Å². The van der Waals surface area contributed by atoms with Gasteiger partial charge in [-0.15, -0.1) is 0 Å². The maximum atomic E-state index is 5.28. The number of rotatable bonds is 5. The third-order valence-corrected chi connectivity index (χ3v) is 3.57. The first-order valence-electron chi connectivity index (χ1n) is 7.15. The summed E-state index contributed by atoms with van der Waals surface area (Å²) in [7, 11) is 5.17. The molecule has 1 aromatic heterocycles. The Morgan fingerprint density at radius 1 is 1.09 bits per heavy atom. The summed E-state index contributed by atoms with van der Waals surface area (Å²) in [5, 5.41) is 4.24. The molecule has 3 aromatic rings. The lowest BCUT2D eigenvalue weighted by Crippen LogP contribution is -1.99. The Bertz CT molecular complexity index is 855. The summed E-state index contributed by atoms with van der Waals surface area (Å²) in [6, 6.07) is 13.5. The zero-order valence-electron chi connectivity index (χ0n) is 13.3. The van der Waals surface area contributed by atoms with Crippen LogP contribution in [0.2, 0.25) is 0 Å². The van der Waals surface area contributed by atoms with Crippen LogP contribution in [-0.2, 0) is 7.05 Å². The number of ether oxygens (including phenoxy) is 2. The van der Waals surface area contributed by atoms with E-state index in [0.717, 1.165) is 16.6 Å². The molecule has 0 aliphatic heterocycles. The number of anilines is 1. The van der Waals surface area contributed by atoms with Crippen LogP contribution in [0, 0.1) is 0 Å². The van der Waals surface area contributed by atoms with Gasteiger partial charge >= 0.3 is 0 Å². The third kappa shape index (κ3) is 2.96. The summed E-state index contributed by atoms with van der Waals surface area (Å²) in [5.74, 6) is 2.04. The SMILES string of the molecule is COc1ccc(C=NNc2nc3ccccc3n2C)cc1OC. The molecule has 0 atom stereocenters. The number of para-hydroxylation sites is 2. The van der Waals surface area contributed by atoms with Crippen LogP contribution in [0.25, 0.3) is 11.0 Å². The molecule has 118 valence electrons. The average molecular weight is 310 g/mol. The van der Waals surface area contributed by atoms with Crippen LogP contribution in [-0.4, -0.2) is 30.0 Å². The highest BCUT2D eigenvalue weighted by atomic mass is 16.5. The Morgan fingerprint density at radius 2 is 1.87 bits per heavy atom. The minimum Gasteiger partial charge on any atom is -0.493 e. The van der Waals surface area contributed by atoms with Crippen molar-refractivity contribution in [2.75, 3.05) is 19.6 Å². The van der Waals surface area contributed by atoms with E-state index in [-0.39, 0.29) is 0 Å². The van der Waals surface area contributed by atoms with Crippen LogP contribution < -0.4 is 14.9 Å². The number of aryl methyl sites for hydroxylation is 1. The van der Waals surface area contributed by atoms with Crippen molar-refractivity contribution in [2.45, 2.75) is 0 Å². The highest BCUT2D eigenvalue weighted by Crippen LogP contribution is 2.26. The molecule has 0 amide bonds. The predicted molar refractivity (Wildman–Crippen MR) is 91.5 cm³/mol. The molecule has 0 fully saturated rings. The molecule has 0 saturated carbocycles. The van der Waals surface area contributed by atoms with E-state index in [1.165, 1.54) is 0 Å². The first kappa shape index (κ1) is 14.9. The number of imidazole rings is 1. The lowest BCUT2D eigenvalue weighted by Gasteiger charge is -2.07. The number of hydrazone groups is 1. The maximum absolute atomic E-state index is 5.28. The standard InChI is InChI=1S/C17H18N4O2/c1-21-14-7-5-4-6-13(14)19-17(21)20-18-11-12-8-9-15(22-2)16(10-12)23-3/h4-11H,1-3H3,(H,19,20). The Balaban J connectivity index is 1.79. The molecule has 23 heavy (non-hydrogen) atoms. The van der Waals surface area contributed by atoms with Gasteiger partial charge in [-0.25, -0.2) is 10.4 Å². The summed E-state index contributed by atoms with van der Waals surface area (Å²) in [6.45, 7) is 0. The van der Waals surface area contributed by atoms with Gasteiger partial charge in [0.15, 0.2) is 11.5 Å². The monoisotopic (exact) mass is 310 g/mol. The topological polar surface area (TPSA) is 60.7 Å². The first-order valence-corrected chi connectivity index (χ1v) is 7.15. The highest BCUT2D eigenvalue weighted by Gasteiger charge is 2.06. The second-order valence-corrected chi connectivity index (χ2v) is 4.97. The van der Waals surface area contributed by atoms with E-state index in [1.54, 1.807) is 20.4 Å². The Kier molecular flexibility index (Phi) is 4.14. The molecule has 0 aliphatic carbocycles.